The van der Waals surface area contributed by atoms with E-state index in [1.54, 1.807) is 23.0 Å². The Bertz CT molecular complexity index is 1270. The summed E-state index contributed by atoms with van der Waals surface area (Å²) in [4.78, 5) is 19.3. The minimum absolute atomic E-state index is 0.0253. The predicted molar refractivity (Wildman–Crippen MR) is 133 cm³/mol. The van der Waals surface area contributed by atoms with E-state index >= 15 is 4.39 Å². The molecular formula is C27H31F4N5O2. The van der Waals surface area contributed by atoms with Crippen molar-refractivity contribution in [3.63, 3.8) is 0 Å². The number of nitrogens with zero attached hydrogens (tertiary/aromatic N) is 4. The van der Waals surface area contributed by atoms with Gasteiger partial charge in [0.1, 0.15) is 5.67 Å². The minimum Gasteiger partial charge on any atom is -0.468 e. The highest BCUT2D eigenvalue weighted by atomic mass is 19.4. The van der Waals surface area contributed by atoms with Gasteiger partial charge in [0.25, 0.3) is 5.91 Å². The van der Waals surface area contributed by atoms with Crippen LogP contribution in [0.25, 0.3) is 5.52 Å². The summed E-state index contributed by atoms with van der Waals surface area (Å²) in [5.41, 5.74) is 1.70. The lowest BCUT2D eigenvalue weighted by Crippen LogP contribution is -2.43. The number of hydrogen-bond acceptors (Lipinski definition) is 5. The molecule has 0 bridgehead atoms. The van der Waals surface area contributed by atoms with Gasteiger partial charge in [-0.05, 0) is 56.2 Å². The van der Waals surface area contributed by atoms with E-state index in [0.717, 1.165) is 23.3 Å². The fraction of sp³-hybridized carbons (Fsp3) is 0.519. The Labute approximate surface area is 218 Å². The monoisotopic (exact) mass is 533 g/mol. The van der Waals surface area contributed by atoms with Gasteiger partial charge < -0.3 is 15.0 Å². The second-order valence-corrected chi connectivity index (χ2v) is 10.2. The first-order chi connectivity index (χ1) is 18.2. The molecule has 0 radical (unpaired) electrons. The van der Waals surface area contributed by atoms with Crippen LogP contribution in [0.3, 0.4) is 0 Å². The molecule has 1 aliphatic heterocycles. The highest BCUT2D eigenvalue weighted by Crippen LogP contribution is 2.35. The van der Waals surface area contributed by atoms with Crippen molar-refractivity contribution in [1.29, 1.82) is 0 Å². The summed E-state index contributed by atoms with van der Waals surface area (Å²) < 4.78 is 59.4. The van der Waals surface area contributed by atoms with Crippen molar-refractivity contribution >= 4 is 11.4 Å². The highest BCUT2D eigenvalue weighted by Gasteiger charge is 2.36. The molecule has 1 aliphatic carbocycles. The third kappa shape index (κ3) is 6.43. The van der Waals surface area contributed by atoms with E-state index in [9.17, 15) is 18.0 Å². The number of rotatable bonds is 7. The van der Waals surface area contributed by atoms with Crippen molar-refractivity contribution < 1.29 is 27.1 Å². The summed E-state index contributed by atoms with van der Waals surface area (Å²) in [5.74, 6) is -0.213. The molecule has 38 heavy (non-hydrogen) atoms. The lowest BCUT2D eigenvalue weighted by molar-refractivity contribution is -0.154. The maximum absolute atomic E-state index is 15.6. The molecule has 3 aromatic rings. The predicted octanol–water partition coefficient (Wildman–Crippen LogP) is 4.54. The van der Waals surface area contributed by atoms with Crippen molar-refractivity contribution in [1.82, 2.24) is 24.8 Å². The van der Waals surface area contributed by atoms with E-state index < -0.39 is 18.5 Å². The number of alkyl halides is 4. The molecule has 0 saturated heterocycles. The second kappa shape index (κ2) is 10.9. The van der Waals surface area contributed by atoms with Crippen LogP contribution in [0.4, 0.5) is 17.6 Å². The van der Waals surface area contributed by atoms with Crippen LogP contribution in [-0.4, -0.2) is 69.5 Å². The Kier molecular flexibility index (Phi) is 7.56. The van der Waals surface area contributed by atoms with Crippen LogP contribution in [-0.2, 0) is 12.8 Å². The van der Waals surface area contributed by atoms with Crippen LogP contribution in [0, 0.1) is 0 Å². The summed E-state index contributed by atoms with van der Waals surface area (Å²) in [5, 5.41) is 7.25. The summed E-state index contributed by atoms with van der Waals surface area (Å²) >= 11 is 0. The third-order valence-corrected chi connectivity index (χ3v) is 7.55. The molecule has 0 unspecified atom stereocenters. The van der Waals surface area contributed by atoms with E-state index in [1.165, 1.54) is 6.07 Å². The highest BCUT2D eigenvalue weighted by molar-refractivity contribution is 6.00. The molecule has 1 amide bonds. The fourth-order valence-corrected chi connectivity index (χ4v) is 5.33. The summed E-state index contributed by atoms with van der Waals surface area (Å²) in [6.45, 7) is 0.638. The van der Waals surface area contributed by atoms with E-state index in [-0.39, 0.29) is 17.8 Å². The first kappa shape index (κ1) is 26.4. The molecule has 1 N–H and O–H groups in total. The van der Waals surface area contributed by atoms with E-state index in [2.05, 4.69) is 20.3 Å². The van der Waals surface area contributed by atoms with Crippen LogP contribution >= 0.6 is 0 Å². The Hall–Kier alpha value is -3.21. The number of aromatic nitrogens is 3. The molecule has 0 spiro atoms. The zero-order valence-corrected chi connectivity index (χ0v) is 21.0. The topological polar surface area (TPSA) is 71.8 Å². The first-order valence-electron chi connectivity index (χ1n) is 13.0. The van der Waals surface area contributed by atoms with Crippen LogP contribution in [0.5, 0.6) is 5.88 Å². The molecule has 2 aliphatic rings. The molecule has 0 aromatic carbocycles. The third-order valence-electron chi connectivity index (χ3n) is 7.55. The molecule has 4 heterocycles. The summed E-state index contributed by atoms with van der Waals surface area (Å²) in [6, 6.07) is 8.72. The molecular weight excluding hydrogens is 502 g/mol. The molecule has 204 valence electrons. The van der Waals surface area contributed by atoms with Gasteiger partial charge in [0, 0.05) is 50.1 Å². The number of carbonyl (C=O) groups excluding carboxylic acids is 1. The Morgan fingerprint density at radius 2 is 1.92 bits per heavy atom. The molecule has 5 rings (SSSR count). The zero-order chi connectivity index (χ0) is 26.8. The van der Waals surface area contributed by atoms with Gasteiger partial charge in [-0.15, -0.1) is 0 Å². The summed E-state index contributed by atoms with van der Waals surface area (Å²) in [6.07, 6.45) is 2.57. The van der Waals surface area contributed by atoms with Gasteiger partial charge in [0.05, 0.1) is 17.3 Å². The van der Waals surface area contributed by atoms with E-state index in [1.807, 2.05) is 18.2 Å². The largest absolute Gasteiger partial charge is 0.468 e. The number of nitrogens with one attached hydrogen (secondary N) is 1. The molecule has 0 atom stereocenters. The molecule has 1 saturated carbocycles. The van der Waals surface area contributed by atoms with E-state index in [4.69, 9.17) is 4.74 Å². The molecule has 11 heteroatoms. The molecule has 7 nitrogen and oxygen atoms in total. The maximum atomic E-state index is 15.6. The number of carbonyl (C=O) groups is 1. The normalized spacial score (nSPS) is 22.6. The average molecular weight is 534 g/mol. The van der Waals surface area contributed by atoms with Crippen molar-refractivity contribution in [3.05, 3.63) is 59.5 Å². The number of halogens is 4. The second-order valence-electron chi connectivity index (χ2n) is 10.2. The molecule has 3 aromatic heterocycles. The quantitative estimate of drug-likeness (QED) is 0.452. The lowest BCUT2D eigenvalue weighted by Gasteiger charge is -2.35. The average Bonchev–Trinajstić information content (AvgIpc) is 3.22. The lowest BCUT2D eigenvalue weighted by atomic mass is 9.81. The Balaban J connectivity index is 1.08. The van der Waals surface area contributed by atoms with Crippen LogP contribution in [0.2, 0.25) is 0 Å². The summed E-state index contributed by atoms with van der Waals surface area (Å²) in [7, 11) is 0. The number of fused-ring (bicyclic) bond motifs is 2. The van der Waals surface area contributed by atoms with Gasteiger partial charge in [-0.1, -0.05) is 12.1 Å². The zero-order valence-electron chi connectivity index (χ0n) is 21.0. The number of hydrogen-bond donors (Lipinski definition) is 1. The van der Waals surface area contributed by atoms with Crippen molar-refractivity contribution in [2.24, 2.45) is 0 Å². The molecule has 1 fully saturated rings. The number of amides is 1. The SMILES string of the molecule is O=C(N[C@H]1CC[C@](F)(CCN2CCc3ccc(OCC(F)(F)F)nc3CC2)CC1)c1cnn2ccccc12. The van der Waals surface area contributed by atoms with E-state index in [0.29, 0.717) is 63.6 Å². The van der Waals surface area contributed by atoms with Gasteiger partial charge >= 0.3 is 6.18 Å². The van der Waals surface area contributed by atoms with Crippen LogP contribution in [0.1, 0.15) is 53.7 Å². The smallest absolute Gasteiger partial charge is 0.422 e. The minimum atomic E-state index is -4.41. The van der Waals surface area contributed by atoms with Crippen molar-refractivity contribution in [3.8, 4) is 5.88 Å². The number of pyridine rings is 2. The van der Waals surface area contributed by atoms with Gasteiger partial charge in [-0.25, -0.2) is 13.9 Å². The van der Waals surface area contributed by atoms with Crippen molar-refractivity contribution in [2.45, 2.75) is 62.8 Å². The first-order valence-corrected chi connectivity index (χ1v) is 13.0. The van der Waals surface area contributed by atoms with Crippen LogP contribution < -0.4 is 10.1 Å². The van der Waals surface area contributed by atoms with Gasteiger partial charge in [-0.2, -0.15) is 18.3 Å². The fourth-order valence-electron chi connectivity index (χ4n) is 5.33. The maximum Gasteiger partial charge on any atom is 0.422 e. The van der Waals surface area contributed by atoms with Gasteiger partial charge in [0.2, 0.25) is 5.88 Å². The Morgan fingerprint density at radius 3 is 2.71 bits per heavy atom. The Morgan fingerprint density at radius 1 is 1.13 bits per heavy atom. The standard InChI is InChI=1S/C27H31F4N5O2/c28-26(10-6-20(7-11-26)33-25(37)21-17-32-36-13-2-1-3-23(21)36)12-16-35-14-8-19-4-5-24(34-22(19)9-15-35)38-18-27(29,30)31/h1-5,13,17,20H,6-12,14-16,18H2,(H,33,37)/t20-,26+. The van der Waals surface area contributed by atoms with Crippen molar-refractivity contribution in [2.75, 3.05) is 26.2 Å². The van der Waals surface area contributed by atoms with Gasteiger partial charge in [0.15, 0.2) is 6.61 Å². The van der Waals surface area contributed by atoms with Gasteiger partial charge in [-0.3, -0.25) is 4.79 Å². The van der Waals surface area contributed by atoms with Crippen LogP contribution in [0.15, 0.2) is 42.7 Å². The number of ether oxygens (including phenoxy) is 1.